The number of alkyl halides is 3. The molecule has 1 amide bonds. The Morgan fingerprint density at radius 3 is 2.29 bits per heavy atom. The SMILES string of the molecule is Cc1cnn(C(C)(C)C(=O)Nc2ccc(C(F)(F)F)cc2N2CCC(C3CC3)CC2)c1. The van der Waals surface area contributed by atoms with Crippen molar-refractivity contribution in [1.82, 2.24) is 9.78 Å². The third-order valence-electron chi connectivity index (χ3n) is 6.58. The van der Waals surface area contributed by atoms with Crippen LogP contribution in [0.3, 0.4) is 0 Å². The maximum absolute atomic E-state index is 13.4. The number of carbonyl (C=O) groups excluding carboxylic acids is 1. The van der Waals surface area contributed by atoms with Crippen LogP contribution < -0.4 is 10.2 Å². The van der Waals surface area contributed by atoms with Crippen LogP contribution in [0.15, 0.2) is 30.6 Å². The number of halogens is 3. The van der Waals surface area contributed by atoms with Gasteiger partial charge < -0.3 is 10.2 Å². The first-order valence-electron chi connectivity index (χ1n) is 10.8. The van der Waals surface area contributed by atoms with Gasteiger partial charge in [0.15, 0.2) is 0 Å². The van der Waals surface area contributed by atoms with Crippen molar-refractivity contribution in [3.8, 4) is 0 Å². The molecule has 1 aromatic heterocycles. The van der Waals surface area contributed by atoms with E-state index < -0.39 is 17.3 Å². The number of carbonyl (C=O) groups is 1. The highest BCUT2D eigenvalue weighted by Gasteiger charge is 2.36. The van der Waals surface area contributed by atoms with Crippen molar-refractivity contribution >= 4 is 17.3 Å². The molecule has 1 aliphatic heterocycles. The number of nitrogens with zero attached hydrogens (tertiary/aromatic N) is 3. The average molecular weight is 435 g/mol. The molecular formula is C23H29F3N4O. The Bertz CT molecular complexity index is 954. The lowest BCUT2D eigenvalue weighted by atomic mass is 9.91. The fraction of sp³-hybridized carbons (Fsp3) is 0.565. The van der Waals surface area contributed by atoms with Gasteiger partial charge in [0.05, 0.1) is 23.1 Å². The standard InChI is InChI=1S/C23H29F3N4O/c1-15-13-27-30(14-15)22(2,3)21(31)28-19-7-6-18(23(24,25)26)12-20(19)29-10-8-17(9-11-29)16-4-5-16/h6-7,12-14,16-17H,4-5,8-11H2,1-3H3,(H,28,31). The molecule has 1 saturated carbocycles. The summed E-state index contributed by atoms with van der Waals surface area (Å²) in [7, 11) is 0. The van der Waals surface area contributed by atoms with E-state index in [1.807, 2.05) is 11.8 Å². The number of piperidine rings is 1. The first-order valence-corrected chi connectivity index (χ1v) is 10.8. The zero-order chi connectivity index (χ0) is 22.4. The molecule has 0 radical (unpaired) electrons. The van der Waals surface area contributed by atoms with Gasteiger partial charge in [0.2, 0.25) is 0 Å². The molecule has 1 aliphatic carbocycles. The minimum Gasteiger partial charge on any atom is -0.370 e. The molecule has 1 N–H and O–H groups in total. The lowest BCUT2D eigenvalue weighted by molar-refractivity contribution is -0.137. The topological polar surface area (TPSA) is 50.2 Å². The molecule has 5 nitrogen and oxygen atoms in total. The molecule has 0 bridgehead atoms. The minimum atomic E-state index is -4.44. The lowest BCUT2D eigenvalue weighted by Crippen LogP contribution is -2.41. The first kappa shape index (κ1) is 21.7. The molecule has 0 unspecified atom stereocenters. The second-order valence-corrected chi connectivity index (χ2v) is 9.37. The van der Waals surface area contributed by atoms with Crippen molar-refractivity contribution in [2.75, 3.05) is 23.3 Å². The number of hydrogen-bond donors (Lipinski definition) is 1. The number of rotatable bonds is 5. The van der Waals surface area contributed by atoms with Crippen molar-refractivity contribution in [2.45, 2.75) is 58.2 Å². The molecule has 8 heteroatoms. The second-order valence-electron chi connectivity index (χ2n) is 9.37. The van der Waals surface area contributed by atoms with E-state index >= 15 is 0 Å². The largest absolute Gasteiger partial charge is 0.416 e. The van der Waals surface area contributed by atoms with Gasteiger partial charge in [-0.2, -0.15) is 18.3 Å². The Morgan fingerprint density at radius 2 is 1.74 bits per heavy atom. The van der Waals surface area contributed by atoms with Crippen molar-refractivity contribution in [1.29, 1.82) is 0 Å². The Balaban J connectivity index is 1.59. The summed E-state index contributed by atoms with van der Waals surface area (Å²) in [4.78, 5) is 15.1. The van der Waals surface area contributed by atoms with Crippen LogP contribution in [0.1, 0.15) is 50.7 Å². The first-order chi connectivity index (χ1) is 14.6. The average Bonchev–Trinajstić information content (AvgIpc) is 3.47. The molecule has 168 valence electrons. The van der Waals surface area contributed by atoms with Gasteiger partial charge in [0.1, 0.15) is 5.54 Å². The Morgan fingerprint density at radius 1 is 1.10 bits per heavy atom. The van der Waals surface area contributed by atoms with Crippen LogP contribution in [0.5, 0.6) is 0 Å². The van der Waals surface area contributed by atoms with Gasteiger partial charge in [-0.1, -0.05) is 0 Å². The van der Waals surface area contributed by atoms with Crippen molar-refractivity contribution in [3.05, 3.63) is 41.7 Å². The van der Waals surface area contributed by atoms with E-state index in [9.17, 15) is 18.0 Å². The van der Waals surface area contributed by atoms with Crippen LogP contribution >= 0.6 is 0 Å². The molecule has 2 fully saturated rings. The van der Waals surface area contributed by atoms with Crippen molar-refractivity contribution in [2.24, 2.45) is 11.8 Å². The summed E-state index contributed by atoms with van der Waals surface area (Å²) in [5.74, 6) is 1.13. The summed E-state index contributed by atoms with van der Waals surface area (Å²) in [6.45, 7) is 6.76. The summed E-state index contributed by atoms with van der Waals surface area (Å²) in [6, 6.07) is 3.56. The zero-order valence-electron chi connectivity index (χ0n) is 18.2. The highest BCUT2D eigenvalue weighted by Crippen LogP contribution is 2.43. The van der Waals surface area contributed by atoms with Crippen LogP contribution in [0.25, 0.3) is 0 Å². The molecule has 2 aliphatic rings. The summed E-state index contributed by atoms with van der Waals surface area (Å²) in [5.41, 5.74) is 0.0683. The predicted molar refractivity (Wildman–Crippen MR) is 114 cm³/mol. The fourth-order valence-electron chi connectivity index (χ4n) is 4.35. The number of amides is 1. The van der Waals surface area contributed by atoms with Gasteiger partial charge >= 0.3 is 6.18 Å². The molecule has 0 atom stereocenters. The normalized spacial score (nSPS) is 18.3. The molecule has 2 heterocycles. The van der Waals surface area contributed by atoms with Crippen molar-refractivity contribution in [3.63, 3.8) is 0 Å². The summed E-state index contributed by atoms with van der Waals surface area (Å²) >= 11 is 0. The molecular weight excluding hydrogens is 405 g/mol. The van der Waals surface area contributed by atoms with Crippen LogP contribution in [-0.4, -0.2) is 28.8 Å². The third-order valence-corrected chi connectivity index (χ3v) is 6.58. The number of nitrogens with one attached hydrogen (secondary N) is 1. The van der Waals surface area contributed by atoms with Crippen LogP contribution in [0.2, 0.25) is 0 Å². The molecule has 2 aromatic rings. The van der Waals surface area contributed by atoms with Gasteiger partial charge in [-0.15, -0.1) is 0 Å². The van der Waals surface area contributed by atoms with E-state index in [0.717, 1.165) is 36.5 Å². The smallest absolute Gasteiger partial charge is 0.370 e. The third kappa shape index (κ3) is 4.57. The summed E-state index contributed by atoms with van der Waals surface area (Å²) in [5, 5.41) is 7.11. The minimum absolute atomic E-state index is 0.329. The maximum atomic E-state index is 13.4. The van der Waals surface area contributed by atoms with Gasteiger partial charge in [0.25, 0.3) is 5.91 Å². The predicted octanol–water partition coefficient (Wildman–Crippen LogP) is 5.21. The summed E-state index contributed by atoms with van der Waals surface area (Å²) in [6.07, 6.45) is 3.52. The lowest BCUT2D eigenvalue weighted by Gasteiger charge is -2.35. The maximum Gasteiger partial charge on any atom is 0.416 e. The van der Waals surface area contributed by atoms with Crippen LogP contribution in [0.4, 0.5) is 24.5 Å². The van der Waals surface area contributed by atoms with Crippen LogP contribution in [0, 0.1) is 18.8 Å². The van der Waals surface area contributed by atoms with E-state index in [4.69, 9.17) is 0 Å². The highest BCUT2D eigenvalue weighted by atomic mass is 19.4. The summed E-state index contributed by atoms with van der Waals surface area (Å²) < 4.78 is 41.8. The molecule has 4 rings (SSSR count). The van der Waals surface area contributed by atoms with E-state index in [-0.39, 0.29) is 5.91 Å². The second kappa shape index (κ2) is 7.88. The molecule has 1 aromatic carbocycles. The number of aromatic nitrogens is 2. The van der Waals surface area contributed by atoms with E-state index in [1.54, 1.807) is 30.9 Å². The van der Waals surface area contributed by atoms with E-state index in [0.29, 0.717) is 30.4 Å². The quantitative estimate of drug-likeness (QED) is 0.703. The number of hydrogen-bond acceptors (Lipinski definition) is 3. The molecule has 1 saturated heterocycles. The van der Waals surface area contributed by atoms with Gasteiger partial charge in [-0.05, 0) is 82.1 Å². The fourth-order valence-corrected chi connectivity index (χ4v) is 4.35. The number of aryl methyl sites for hydroxylation is 1. The van der Waals surface area contributed by atoms with E-state index in [2.05, 4.69) is 10.4 Å². The van der Waals surface area contributed by atoms with Gasteiger partial charge in [-0.3, -0.25) is 9.48 Å². The number of anilines is 2. The Hall–Kier alpha value is -2.51. The van der Waals surface area contributed by atoms with Gasteiger partial charge in [-0.25, -0.2) is 0 Å². The van der Waals surface area contributed by atoms with E-state index in [1.165, 1.54) is 18.9 Å². The molecule has 31 heavy (non-hydrogen) atoms. The monoisotopic (exact) mass is 434 g/mol. The number of benzene rings is 1. The van der Waals surface area contributed by atoms with Gasteiger partial charge in [0, 0.05) is 19.3 Å². The van der Waals surface area contributed by atoms with Crippen LogP contribution in [-0.2, 0) is 16.5 Å². The molecule has 0 spiro atoms. The zero-order valence-corrected chi connectivity index (χ0v) is 18.2. The Labute approximate surface area is 180 Å². The Kier molecular flexibility index (Phi) is 5.52. The van der Waals surface area contributed by atoms with Crippen molar-refractivity contribution < 1.29 is 18.0 Å². The highest BCUT2D eigenvalue weighted by molar-refractivity contribution is 5.98.